The fraction of sp³-hybridized carbons (Fsp3) is 0.560. The first-order valence-electron chi connectivity index (χ1n) is 12.6. The van der Waals surface area contributed by atoms with Crippen molar-refractivity contribution in [2.24, 2.45) is 0 Å². The van der Waals surface area contributed by atoms with Crippen molar-refractivity contribution >= 4 is 23.4 Å². The number of anilines is 3. The maximum atomic E-state index is 12.7. The van der Waals surface area contributed by atoms with Crippen LogP contribution in [0, 0.1) is 0 Å². The summed E-state index contributed by atoms with van der Waals surface area (Å²) in [5.74, 6) is 2.44. The number of rotatable bonds is 6. The molecule has 2 aromatic rings. The van der Waals surface area contributed by atoms with Crippen LogP contribution in [0.1, 0.15) is 12.8 Å². The number of carbonyl (C=O) groups is 1. The summed E-state index contributed by atoms with van der Waals surface area (Å²) in [4.78, 5) is 21.5. The van der Waals surface area contributed by atoms with Crippen LogP contribution in [0.3, 0.4) is 0 Å². The van der Waals surface area contributed by atoms with Crippen molar-refractivity contribution in [1.82, 2.24) is 20.0 Å². The molecule has 3 aliphatic rings. The minimum Gasteiger partial charge on any atom is -0.495 e. The van der Waals surface area contributed by atoms with Crippen LogP contribution in [0.25, 0.3) is 0 Å². The van der Waals surface area contributed by atoms with E-state index in [1.165, 1.54) is 12.8 Å². The van der Waals surface area contributed by atoms with E-state index in [4.69, 9.17) is 9.47 Å². The summed E-state index contributed by atoms with van der Waals surface area (Å²) in [5.41, 5.74) is 0.677. The first-order valence-corrected chi connectivity index (χ1v) is 12.6. The van der Waals surface area contributed by atoms with Gasteiger partial charge < -0.3 is 29.5 Å². The molecule has 35 heavy (non-hydrogen) atoms. The van der Waals surface area contributed by atoms with E-state index in [1.807, 2.05) is 35.2 Å². The van der Waals surface area contributed by atoms with E-state index in [9.17, 15) is 4.79 Å². The lowest BCUT2D eigenvalue weighted by atomic mass is 10.2. The van der Waals surface area contributed by atoms with Gasteiger partial charge in [0, 0.05) is 65.5 Å². The van der Waals surface area contributed by atoms with Crippen molar-refractivity contribution in [3.63, 3.8) is 0 Å². The highest BCUT2D eigenvalue weighted by Gasteiger charge is 2.25. The van der Waals surface area contributed by atoms with Gasteiger partial charge in [0.05, 0.1) is 18.9 Å². The van der Waals surface area contributed by atoms with Crippen molar-refractivity contribution in [3.8, 4) is 5.75 Å². The average Bonchev–Trinajstić information content (AvgIpc) is 3.43. The van der Waals surface area contributed by atoms with Crippen LogP contribution in [-0.2, 0) is 4.74 Å². The lowest BCUT2D eigenvalue weighted by Crippen LogP contribution is -2.50. The minimum absolute atomic E-state index is 0.116. The first-order chi connectivity index (χ1) is 17.2. The predicted octanol–water partition coefficient (Wildman–Crippen LogP) is 2.14. The van der Waals surface area contributed by atoms with Gasteiger partial charge >= 0.3 is 6.03 Å². The zero-order valence-electron chi connectivity index (χ0n) is 20.4. The molecule has 10 nitrogen and oxygen atoms in total. The molecule has 188 valence electrons. The topological polar surface area (TPSA) is 86.3 Å². The number of para-hydroxylation sites is 2. The molecule has 2 amide bonds. The smallest absolute Gasteiger partial charge is 0.322 e. The Morgan fingerprint density at radius 1 is 0.971 bits per heavy atom. The standard InChI is InChI=1S/C25H35N7O3/c1-34-22-7-3-2-6-21(22)26-25(33)32-16-14-31(15-17-32)24-9-8-23(27-28-24)30-12-10-29(11-13-30)19-20-5-4-18-35-20/h2-3,6-9,20H,4-5,10-19H2,1H3,(H,26,33). The van der Waals surface area contributed by atoms with Gasteiger partial charge in [0.25, 0.3) is 0 Å². The third-order valence-electron chi connectivity index (χ3n) is 7.06. The molecule has 3 saturated heterocycles. The molecule has 0 spiro atoms. The fourth-order valence-electron chi connectivity index (χ4n) is 4.97. The van der Waals surface area contributed by atoms with Crippen molar-refractivity contribution < 1.29 is 14.3 Å². The maximum Gasteiger partial charge on any atom is 0.322 e. The lowest BCUT2D eigenvalue weighted by Gasteiger charge is -2.37. The van der Waals surface area contributed by atoms with Crippen LogP contribution in [-0.4, -0.2) is 105 Å². The highest BCUT2D eigenvalue weighted by Crippen LogP contribution is 2.24. The summed E-state index contributed by atoms with van der Waals surface area (Å²) in [6, 6.07) is 11.4. The van der Waals surface area contributed by atoms with Gasteiger partial charge in [-0.2, -0.15) is 0 Å². The summed E-state index contributed by atoms with van der Waals surface area (Å²) in [6.07, 6.45) is 2.79. The summed E-state index contributed by atoms with van der Waals surface area (Å²) >= 11 is 0. The zero-order chi connectivity index (χ0) is 24.0. The lowest BCUT2D eigenvalue weighted by molar-refractivity contribution is 0.0712. The summed E-state index contributed by atoms with van der Waals surface area (Å²) in [5, 5.41) is 12.0. The van der Waals surface area contributed by atoms with Crippen LogP contribution >= 0.6 is 0 Å². The summed E-state index contributed by atoms with van der Waals surface area (Å²) < 4.78 is 11.1. The number of aromatic nitrogens is 2. The van der Waals surface area contributed by atoms with E-state index in [1.54, 1.807) is 7.11 Å². The molecule has 0 saturated carbocycles. The van der Waals surface area contributed by atoms with Gasteiger partial charge in [-0.25, -0.2) is 4.79 Å². The molecule has 0 aliphatic carbocycles. The monoisotopic (exact) mass is 481 g/mol. The Hall–Kier alpha value is -3.11. The van der Waals surface area contributed by atoms with Crippen LogP contribution in [0.4, 0.5) is 22.1 Å². The van der Waals surface area contributed by atoms with Crippen LogP contribution in [0.15, 0.2) is 36.4 Å². The molecule has 1 unspecified atom stereocenters. The molecular formula is C25H35N7O3. The number of nitrogens with one attached hydrogen (secondary N) is 1. The Morgan fingerprint density at radius 2 is 1.63 bits per heavy atom. The largest absolute Gasteiger partial charge is 0.495 e. The van der Waals surface area contributed by atoms with Crippen molar-refractivity contribution in [2.75, 3.05) is 87.7 Å². The average molecular weight is 482 g/mol. The SMILES string of the molecule is COc1ccccc1NC(=O)N1CCN(c2ccc(N3CCN(CC4CCCO4)CC3)nn2)CC1. The second-order valence-electron chi connectivity index (χ2n) is 9.28. The van der Waals surface area contributed by atoms with E-state index >= 15 is 0 Å². The summed E-state index contributed by atoms with van der Waals surface area (Å²) in [6.45, 7) is 8.61. The minimum atomic E-state index is -0.116. The van der Waals surface area contributed by atoms with Crippen molar-refractivity contribution in [3.05, 3.63) is 36.4 Å². The predicted molar refractivity (Wildman–Crippen MR) is 135 cm³/mol. The van der Waals surface area contributed by atoms with Crippen LogP contribution in [0.2, 0.25) is 0 Å². The number of piperazine rings is 2. The molecular weight excluding hydrogens is 446 g/mol. The highest BCUT2D eigenvalue weighted by atomic mass is 16.5. The number of urea groups is 1. The number of hydrogen-bond acceptors (Lipinski definition) is 8. The molecule has 1 N–H and O–H groups in total. The second kappa shape index (κ2) is 11.1. The number of hydrogen-bond donors (Lipinski definition) is 1. The van der Waals surface area contributed by atoms with Crippen molar-refractivity contribution in [2.45, 2.75) is 18.9 Å². The Labute approximate surface area is 206 Å². The third kappa shape index (κ3) is 5.76. The third-order valence-corrected chi connectivity index (χ3v) is 7.06. The Bertz CT molecular complexity index is 967. The summed E-state index contributed by atoms with van der Waals surface area (Å²) in [7, 11) is 1.60. The number of nitrogens with zero attached hydrogens (tertiary/aromatic N) is 6. The number of ether oxygens (including phenoxy) is 2. The van der Waals surface area contributed by atoms with Gasteiger partial charge in [-0.1, -0.05) is 12.1 Å². The molecule has 1 atom stereocenters. The van der Waals surface area contributed by atoms with Gasteiger partial charge in [0.1, 0.15) is 5.75 Å². The second-order valence-corrected chi connectivity index (χ2v) is 9.28. The first kappa shape index (κ1) is 23.6. The number of carbonyl (C=O) groups excluding carboxylic acids is 1. The van der Waals surface area contributed by atoms with Crippen molar-refractivity contribution in [1.29, 1.82) is 0 Å². The van der Waals surface area contributed by atoms with Gasteiger partial charge in [-0.05, 0) is 37.1 Å². The van der Waals surface area contributed by atoms with E-state index in [-0.39, 0.29) is 6.03 Å². The maximum absolute atomic E-state index is 12.7. The Morgan fingerprint density at radius 3 is 2.23 bits per heavy atom. The molecule has 0 radical (unpaired) electrons. The molecule has 0 bridgehead atoms. The number of methoxy groups -OCH3 is 1. The van der Waals surface area contributed by atoms with E-state index < -0.39 is 0 Å². The normalized spacial score (nSPS) is 21.3. The van der Waals surface area contributed by atoms with Gasteiger partial charge in [0.2, 0.25) is 0 Å². The van der Waals surface area contributed by atoms with E-state index in [2.05, 4.69) is 36.3 Å². The van der Waals surface area contributed by atoms with E-state index in [0.29, 0.717) is 30.6 Å². The molecule has 3 aliphatic heterocycles. The fourth-order valence-corrected chi connectivity index (χ4v) is 4.97. The Balaban J connectivity index is 1.08. The van der Waals surface area contributed by atoms with Gasteiger partial charge in [-0.3, -0.25) is 4.90 Å². The Kier molecular flexibility index (Phi) is 7.48. The molecule has 4 heterocycles. The van der Waals surface area contributed by atoms with Gasteiger partial charge in [-0.15, -0.1) is 10.2 Å². The molecule has 10 heteroatoms. The molecule has 3 fully saturated rings. The molecule has 5 rings (SSSR count). The van der Waals surface area contributed by atoms with Crippen LogP contribution in [0.5, 0.6) is 5.75 Å². The van der Waals surface area contributed by atoms with E-state index in [0.717, 1.165) is 64.1 Å². The number of benzene rings is 1. The molecule has 1 aromatic carbocycles. The zero-order valence-corrected chi connectivity index (χ0v) is 20.4. The molecule has 1 aromatic heterocycles. The quantitative estimate of drug-likeness (QED) is 0.672. The highest BCUT2D eigenvalue weighted by molar-refractivity contribution is 5.91. The number of amides is 2. The van der Waals surface area contributed by atoms with Gasteiger partial charge in [0.15, 0.2) is 11.6 Å². The van der Waals surface area contributed by atoms with Crippen LogP contribution < -0.4 is 19.9 Å².